The van der Waals surface area contributed by atoms with Crippen LogP contribution in [0.5, 0.6) is 0 Å². The van der Waals surface area contributed by atoms with Gasteiger partial charge in [-0.2, -0.15) is 0 Å². The fourth-order valence-electron chi connectivity index (χ4n) is 3.99. The summed E-state index contributed by atoms with van der Waals surface area (Å²) in [4.78, 5) is 0. The lowest BCUT2D eigenvalue weighted by Gasteiger charge is -2.31. The molecular formula is C22H22OSi. The van der Waals surface area contributed by atoms with E-state index in [9.17, 15) is 0 Å². The maximum atomic E-state index is 6.96. The minimum atomic E-state index is -2.23. The quantitative estimate of drug-likeness (QED) is 0.651. The van der Waals surface area contributed by atoms with Crippen LogP contribution in [0.4, 0.5) is 0 Å². The Labute approximate surface area is 145 Å². The Kier molecular flexibility index (Phi) is 4.09. The molecule has 2 heteroatoms. The third-order valence-corrected chi connectivity index (χ3v) is 9.83. The standard InChI is InChI=1S/C22H22OSi/c1-18-17-22(19-11-5-2-6-12-19)23-24(18,20-13-7-3-8-14-20)21-15-9-4-10-16-21/h2-16,18,22H,17H2,1H3/t18-,22+/m1/s1. The largest absolute Gasteiger partial charge is 0.401 e. The van der Waals surface area contributed by atoms with Gasteiger partial charge in [-0.1, -0.05) is 97.9 Å². The van der Waals surface area contributed by atoms with E-state index in [1.807, 2.05) is 0 Å². The summed E-state index contributed by atoms with van der Waals surface area (Å²) in [5.74, 6) is 0. The van der Waals surface area contributed by atoms with Gasteiger partial charge in [0.2, 0.25) is 0 Å². The Bertz CT molecular complexity index is 746. The Morgan fingerprint density at radius 3 is 1.67 bits per heavy atom. The van der Waals surface area contributed by atoms with Crippen molar-refractivity contribution >= 4 is 18.7 Å². The van der Waals surface area contributed by atoms with Gasteiger partial charge in [-0.3, -0.25) is 0 Å². The second-order valence-electron chi connectivity index (χ2n) is 6.62. The number of benzene rings is 3. The molecule has 3 aromatic rings. The van der Waals surface area contributed by atoms with Crippen molar-refractivity contribution in [2.75, 3.05) is 0 Å². The molecule has 1 aliphatic rings. The zero-order valence-electron chi connectivity index (χ0n) is 13.9. The summed E-state index contributed by atoms with van der Waals surface area (Å²) >= 11 is 0. The molecule has 1 fully saturated rings. The molecule has 3 aromatic carbocycles. The predicted molar refractivity (Wildman–Crippen MR) is 102 cm³/mol. The molecule has 0 saturated carbocycles. The van der Waals surface area contributed by atoms with Crippen LogP contribution in [0, 0.1) is 0 Å². The third-order valence-electron chi connectivity index (χ3n) is 5.17. The van der Waals surface area contributed by atoms with E-state index in [1.165, 1.54) is 15.9 Å². The fourth-order valence-corrected chi connectivity index (χ4v) is 8.57. The summed E-state index contributed by atoms with van der Waals surface area (Å²) in [6.45, 7) is 2.37. The molecule has 2 atom stereocenters. The average molecular weight is 331 g/mol. The third kappa shape index (κ3) is 2.52. The first-order valence-electron chi connectivity index (χ1n) is 8.64. The van der Waals surface area contributed by atoms with Gasteiger partial charge in [0.1, 0.15) is 0 Å². The Morgan fingerprint density at radius 1 is 0.708 bits per heavy atom. The van der Waals surface area contributed by atoms with Gasteiger partial charge in [0.25, 0.3) is 8.32 Å². The Morgan fingerprint density at radius 2 is 1.17 bits per heavy atom. The van der Waals surface area contributed by atoms with E-state index in [0.29, 0.717) is 5.54 Å². The minimum absolute atomic E-state index is 0.188. The van der Waals surface area contributed by atoms with Crippen molar-refractivity contribution in [2.45, 2.75) is 25.0 Å². The van der Waals surface area contributed by atoms with Gasteiger partial charge >= 0.3 is 0 Å². The first-order chi connectivity index (χ1) is 11.8. The number of rotatable bonds is 3. The van der Waals surface area contributed by atoms with E-state index in [1.54, 1.807) is 0 Å². The first kappa shape index (κ1) is 15.4. The van der Waals surface area contributed by atoms with Gasteiger partial charge in [0.05, 0.1) is 6.10 Å². The average Bonchev–Trinajstić information content (AvgIpc) is 3.02. The molecule has 24 heavy (non-hydrogen) atoms. The van der Waals surface area contributed by atoms with Crippen molar-refractivity contribution in [2.24, 2.45) is 0 Å². The molecule has 1 nitrogen and oxygen atoms in total. The first-order valence-corrected chi connectivity index (χ1v) is 10.6. The van der Waals surface area contributed by atoms with Crippen LogP contribution in [-0.4, -0.2) is 8.32 Å². The van der Waals surface area contributed by atoms with Crippen molar-refractivity contribution < 1.29 is 4.43 Å². The van der Waals surface area contributed by atoms with Gasteiger partial charge in [0, 0.05) is 0 Å². The second-order valence-corrected chi connectivity index (χ2v) is 10.5. The van der Waals surface area contributed by atoms with Gasteiger partial charge < -0.3 is 4.43 Å². The summed E-state index contributed by atoms with van der Waals surface area (Å²) < 4.78 is 6.96. The van der Waals surface area contributed by atoms with Crippen molar-refractivity contribution in [3.8, 4) is 0 Å². The van der Waals surface area contributed by atoms with E-state index in [-0.39, 0.29) is 6.10 Å². The zero-order valence-corrected chi connectivity index (χ0v) is 14.9. The van der Waals surface area contributed by atoms with E-state index in [2.05, 4.69) is 97.9 Å². The van der Waals surface area contributed by atoms with E-state index >= 15 is 0 Å². The molecule has 4 rings (SSSR count). The molecule has 0 aromatic heterocycles. The lowest BCUT2D eigenvalue weighted by Crippen LogP contribution is -2.60. The predicted octanol–water partition coefficient (Wildman–Crippen LogP) is 4.30. The highest BCUT2D eigenvalue weighted by Crippen LogP contribution is 2.44. The van der Waals surface area contributed by atoms with Crippen molar-refractivity contribution in [1.29, 1.82) is 0 Å². The van der Waals surface area contributed by atoms with E-state index < -0.39 is 8.32 Å². The van der Waals surface area contributed by atoms with E-state index in [4.69, 9.17) is 4.43 Å². The van der Waals surface area contributed by atoms with Crippen LogP contribution in [0.25, 0.3) is 0 Å². The summed E-state index contributed by atoms with van der Waals surface area (Å²) in [5, 5.41) is 2.75. The molecule has 0 bridgehead atoms. The molecule has 1 saturated heterocycles. The smallest absolute Gasteiger partial charge is 0.259 e. The maximum Gasteiger partial charge on any atom is 0.259 e. The second kappa shape index (κ2) is 6.38. The Balaban J connectivity index is 1.83. The SMILES string of the molecule is C[C@@H]1C[C@@H](c2ccccc2)O[Si]1(c1ccccc1)c1ccccc1. The number of hydrogen-bond donors (Lipinski definition) is 0. The van der Waals surface area contributed by atoms with Gasteiger partial charge in [-0.15, -0.1) is 0 Å². The van der Waals surface area contributed by atoms with Crippen LogP contribution < -0.4 is 10.4 Å². The molecule has 0 radical (unpaired) electrons. The molecule has 0 unspecified atom stereocenters. The zero-order chi connectivity index (χ0) is 16.4. The van der Waals surface area contributed by atoms with Crippen LogP contribution in [0.2, 0.25) is 5.54 Å². The highest BCUT2D eigenvalue weighted by atomic mass is 28.4. The normalized spacial score (nSPS) is 22.4. The molecule has 0 N–H and O–H groups in total. The Hall–Kier alpha value is -2.16. The maximum absolute atomic E-state index is 6.96. The van der Waals surface area contributed by atoms with Crippen molar-refractivity contribution in [1.82, 2.24) is 0 Å². The molecule has 0 spiro atoms. The van der Waals surface area contributed by atoms with Crippen LogP contribution in [0.3, 0.4) is 0 Å². The molecule has 0 amide bonds. The number of hydrogen-bond acceptors (Lipinski definition) is 1. The highest BCUT2D eigenvalue weighted by Gasteiger charge is 2.52. The van der Waals surface area contributed by atoms with Crippen molar-refractivity contribution in [3.05, 3.63) is 96.6 Å². The summed E-state index contributed by atoms with van der Waals surface area (Å²) in [6, 6.07) is 32.4. The van der Waals surface area contributed by atoms with Crippen molar-refractivity contribution in [3.63, 3.8) is 0 Å². The van der Waals surface area contributed by atoms with E-state index in [0.717, 1.165) is 6.42 Å². The summed E-state index contributed by atoms with van der Waals surface area (Å²) in [6.07, 6.45) is 1.27. The molecule has 0 aliphatic carbocycles. The molecular weight excluding hydrogens is 308 g/mol. The summed E-state index contributed by atoms with van der Waals surface area (Å²) in [7, 11) is -2.23. The van der Waals surface area contributed by atoms with Crippen LogP contribution >= 0.6 is 0 Å². The molecule has 1 heterocycles. The van der Waals surface area contributed by atoms with Crippen LogP contribution in [-0.2, 0) is 4.43 Å². The topological polar surface area (TPSA) is 9.23 Å². The molecule has 120 valence electrons. The molecule has 1 aliphatic heterocycles. The fraction of sp³-hybridized carbons (Fsp3) is 0.182. The monoisotopic (exact) mass is 330 g/mol. The van der Waals surface area contributed by atoms with Crippen LogP contribution in [0.1, 0.15) is 25.0 Å². The van der Waals surface area contributed by atoms with Gasteiger partial charge in [0.15, 0.2) is 0 Å². The van der Waals surface area contributed by atoms with Gasteiger partial charge in [-0.05, 0) is 27.9 Å². The lowest BCUT2D eigenvalue weighted by molar-refractivity contribution is 0.234. The summed E-state index contributed by atoms with van der Waals surface area (Å²) in [5.41, 5.74) is 1.83. The minimum Gasteiger partial charge on any atom is -0.401 e. The van der Waals surface area contributed by atoms with Gasteiger partial charge in [-0.25, -0.2) is 0 Å². The lowest BCUT2D eigenvalue weighted by atomic mass is 10.1. The van der Waals surface area contributed by atoms with Crippen LogP contribution in [0.15, 0.2) is 91.0 Å². The highest BCUT2D eigenvalue weighted by molar-refractivity contribution is 6.98.